The molecule has 1 aliphatic rings. The average molecular weight is 374 g/mol. The number of nitrogens with one attached hydrogen (secondary N) is 2. The van der Waals surface area contributed by atoms with Crippen LogP contribution in [0, 0.1) is 0 Å². The Kier molecular flexibility index (Phi) is 6.08. The maximum absolute atomic E-state index is 12.8. The molecule has 0 spiro atoms. The summed E-state index contributed by atoms with van der Waals surface area (Å²) in [6.07, 6.45) is 2.21. The quantitative estimate of drug-likeness (QED) is 0.518. The number of carbonyl (C=O) groups is 2. The third kappa shape index (κ3) is 3.96. The molecule has 1 unspecified atom stereocenters. The lowest BCUT2D eigenvalue weighted by atomic mass is 10.0. The lowest BCUT2D eigenvalue weighted by Crippen LogP contribution is -2.44. The van der Waals surface area contributed by atoms with Gasteiger partial charge in [0.25, 0.3) is 0 Å². The van der Waals surface area contributed by atoms with Gasteiger partial charge in [-0.1, -0.05) is 12.1 Å². The third-order valence-electron chi connectivity index (χ3n) is 4.94. The molecule has 2 heterocycles. The van der Waals surface area contributed by atoms with Crippen molar-refractivity contribution in [2.24, 2.45) is 7.05 Å². The molecule has 1 aliphatic heterocycles. The monoisotopic (exact) mass is 374 g/mol. The number of fused-ring (bicyclic) bond motifs is 1. The van der Waals surface area contributed by atoms with Crippen molar-refractivity contribution in [3.05, 3.63) is 34.2 Å². The van der Waals surface area contributed by atoms with E-state index in [9.17, 15) is 14.4 Å². The summed E-state index contributed by atoms with van der Waals surface area (Å²) in [6.45, 7) is 2.14. The number of nitrogens with zero attached hydrogens (tertiary/aromatic N) is 2. The zero-order valence-corrected chi connectivity index (χ0v) is 15.8. The fourth-order valence-corrected chi connectivity index (χ4v) is 3.59. The number of ether oxygens (including phenoxy) is 1. The zero-order valence-electron chi connectivity index (χ0n) is 15.8. The first-order valence-corrected chi connectivity index (χ1v) is 9.29. The van der Waals surface area contributed by atoms with E-state index in [1.807, 2.05) is 25.2 Å². The Morgan fingerprint density at radius 2 is 2.07 bits per heavy atom. The largest absolute Gasteiger partial charge is 0.380 e. The summed E-state index contributed by atoms with van der Waals surface area (Å²) in [4.78, 5) is 36.5. The van der Waals surface area contributed by atoms with Gasteiger partial charge in [0, 0.05) is 26.6 Å². The molecular weight excluding hydrogens is 348 g/mol. The molecule has 2 amide bonds. The van der Waals surface area contributed by atoms with Crippen LogP contribution in [-0.2, 0) is 27.8 Å². The number of carbonyl (C=O) groups excluding carboxylic acids is 2. The van der Waals surface area contributed by atoms with Crippen LogP contribution < -0.4 is 16.3 Å². The van der Waals surface area contributed by atoms with Crippen molar-refractivity contribution < 1.29 is 14.3 Å². The average Bonchev–Trinajstić information content (AvgIpc) is 2.90. The smallest absolute Gasteiger partial charge is 0.329 e. The maximum Gasteiger partial charge on any atom is 0.329 e. The summed E-state index contributed by atoms with van der Waals surface area (Å²) in [5.41, 5.74) is 2.38. The first-order valence-electron chi connectivity index (χ1n) is 9.29. The number of amides is 2. The number of benzene rings is 1. The van der Waals surface area contributed by atoms with E-state index >= 15 is 0 Å². The number of aromatic nitrogens is 2. The van der Waals surface area contributed by atoms with E-state index in [2.05, 4.69) is 10.6 Å². The van der Waals surface area contributed by atoms with E-state index in [0.717, 1.165) is 36.0 Å². The summed E-state index contributed by atoms with van der Waals surface area (Å²) in [6, 6.07) is 5.11. The van der Waals surface area contributed by atoms with Crippen molar-refractivity contribution in [3.63, 3.8) is 0 Å². The van der Waals surface area contributed by atoms with Crippen molar-refractivity contribution in [1.29, 1.82) is 0 Å². The molecule has 0 bridgehead atoms. The predicted octanol–water partition coefficient (Wildman–Crippen LogP) is 0.486. The van der Waals surface area contributed by atoms with Crippen LogP contribution in [-0.4, -0.2) is 47.8 Å². The van der Waals surface area contributed by atoms with E-state index in [1.54, 1.807) is 11.6 Å². The molecule has 0 aliphatic carbocycles. The molecule has 3 rings (SSSR count). The first-order chi connectivity index (χ1) is 13.0. The van der Waals surface area contributed by atoms with Gasteiger partial charge in [-0.15, -0.1) is 0 Å². The molecule has 1 fully saturated rings. The molecule has 8 heteroatoms. The van der Waals surface area contributed by atoms with Crippen LogP contribution in [0.1, 0.15) is 30.9 Å². The van der Waals surface area contributed by atoms with E-state index in [4.69, 9.17) is 4.74 Å². The van der Waals surface area contributed by atoms with Crippen molar-refractivity contribution in [2.45, 2.75) is 31.7 Å². The highest BCUT2D eigenvalue weighted by Gasteiger charge is 2.31. The van der Waals surface area contributed by atoms with Crippen LogP contribution in [0.4, 0.5) is 0 Å². The SMILES string of the molecule is CNCCOCCCc1cccc2c1n(C)c(=O)n2C1CCC(=O)NC1=O. The van der Waals surface area contributed by atoms with Crippen LogP contribution in [0.3, 0.4) is 0 Å². The lowest BCUT2D eigenvalue weighted by molar-refractivity contribution is -0.135. The van der Waals surface area contributed by atoms with Gasteiger partial charge in [-0.2, -0.15) is 0 Å². The van der Waals surface area contributed by atoms with Gasteiger partial charge < -0.3 is 10.1 Å². The first kappa shape index (κ1) is 19.3. The summed E-state index contributed by atoms with van der Waals surface area (Å²) < 4.78 is 8.68. The van der Waals surface area contributed by atoms with Crippen molar-refractivity contribution in [2.75, 3.05) is 26.8 Å². The van der Waals surface area contributed by atoms with Gasteiger partial charge in [0.15, 0.2) is 0 Å². The van der Waals surface area contributed by atoms with Crippen LogP contribution in [0.25, 0.3) is 11.0 Å². The van der Waals surface area contributed by atoms with Gasteiger partial charge in [-0.05, 0) is 37.9 Å². The Morgan fingerprint density at radius 1 is 1.26 bits per heavy atom. The number of likely N-dealkylation sites (N-methyl/N-ethyl adjacent to an activating group) is 1. The topological polar surface area (TPSA) is 94.4 Å². The van der Waals surface area contributed by atoms with E-state index in [1.165, 1.54) is 4.57 Å². The second-order valence-corrected chi connectivity index (χ2v) is 6.78. The molecule has 0 saturated carbocycles. The molecule has 1 aromatic carbocycles. The van der Waals surface area contributed by atoms with Crippen LogP contribution in [0.15, 0.2) is 23.0 Å². The van der Waals surface area contributed by atoms with E-state index in [-0.39, 0.29) is 18.0 Å². The molecule has 2 aromatic rings. The number of aryl methyl sites for hydroxylation is 2. The second kappa shape index (κ2) is 8.49. The van der Waals surface area contributed by atoms with Crippen LogP contribution >= 0.6 is 0 Å². The molecule has 2 N–H and O–H groups in total. The van der Waals surface area contributed by atoms with E-state index in [0.29, 0.717) is 19.6 Å². The lowest BCUT2D eigenvalue weighted by Gasteiger charge is -2.21. The summed E-state index contributed by atoms with van der Waals surface area (Å²) in [5, 5.41) is 5.37. The summed E-state index contributed by atoms with van der Waals surface area (Å²) >= 11 is 0. The predicted molar refractivity (Wildman–Crippen MR) is 102 cm³/mol. The van der Waals surface area contributed by atoms with Crippen molar-refractivity contribution in [3.8, 4) is 0 Å². The van der Waals surface area contributed by atoms with Crippen molar-refractivity contribution >= 4 is 22.8 Å². The highest BCUT2D eigenvalue weighted by atomic mass is 16.5. The van der Waals surface area contributed by atoms with Gasteiger partial charge in [0.05, 0.1) is 17.6 Å². The number of hydrogen-bond donors (Lipinski definition) is 2. The Labute approximate surface area is 157 Å². The number of para-hydroxylation sites is 1. The second-order valence-electron chi connectivity index (χ2n) is 6.78. The highest BCUT2D eigenvalue weighted by molar-refractivity contribution is 6.00. The third-order valence-corrected chi connectivity index (χ3v) is 4.94. The van der Waals surface area contributed by atoms with Gasteiger partial charge in [0.1, 0.15) is 6.04 Å². The highest BCUT2D eigenvalue weighted by Crippen LogP contribution is 2.25. The number of imide groups is 1. The molecule has 146 valence electrons. The van der Waals surface area contributed by atoms with Crippen LogP contribution in [0.5, 0.6) is 0 Å². The minimum absolute atomic E-state index is 0.239. The van der Waals surface area contributed by atoms with Gasteiger partial charge in [0.2, 0.25) is 11.8 Å². The summed E-state index contributed by atoms with van der Waals surface area (Å²) in [7, 11) is 3.61. The van der Waals surface area contributed by atoms with Gasteiger partial charge in [-0.25, -0.2) is 4.79 Å². The number of piperidine rings is 1. The molecule has 8 nitrogen and oxygen atoms in total. The fourth-order valence-electron chi connectivity index (χ4n) is 3.59. The van der Waals surface area contributed by atoms with Gasteiger partial charge >= 0.3 is 5.69 Å². The Morgan fingerprint density at radius 3 is 2.81 bits per heavy atom. The molecule has 1 atom stereocenters. The Balaban J connectivity index is 1.85. The van der Waals surface area contributed by atoms with Crippen molar-refractivity contribution in [1.82, 2.24) is 19.8 Å². The minimum Gasteiger partial charge on any atom is -0.380 e. The molecular formula is C19H26N4O4. The minimum atomic E-state index is -0.654. The Bertz CT molecular complexity index is 899. The fraction of sp³-hybridized carbons (Fsp3) is 0.526. The molecule has 1 saturated heterocycles. The number of imidazole rings is 1. The zero-order chi connectivity index (χ0) is 19.4. The standard InChI is InChI=1S/C19H26N4O4/c1-20-10-12-27-11-4-6-13-5-3-7-14-17(13)22(2)19(26)23(14)15-8-9-16(24)21-18(15)25/h3,5,7,15,20H,4,6,8-12H2,1-2H3,(H,21,24,25). The number of hydrogen-bond acceptors (Lipinski definition) is 5. The molecule has 0 radical (unpaired) electrons. The maximum atomic E-state index is 12.8. The van der Waals surface area contributed by atoms with Gasteiger partial charge in [-0.3, -0.25) is 24.0 Å². The number of rotatable bonds is 8. The molecule has 27 heavy (non-hydrogen) atoms. The summed E-state index contributed by atoms with van der Waals surface area (Å²) in [5.74, 6) is -0.701. The normalized spacial score (nSPS) is 17.5. The molecule has 1 aromatic heterocycles. The van der Waals surface area contributed by atoms with E-state index < -0.39 is 11.9 Å². The Hall–Kier alpha value is -2.45. The van der Waals surface area contributed by atoms with Crippen LogP contribution in [0.2, 0.25) is 0 Å².